The van der Waals surface area contributed by atoms with Crippen LogP contribution in [0.3, 0.4) is 0 Å². The van der Waals surface area contributed by atoms with E-state index in [1.165, 1.54) is 32.1 Å². The van der Waals surface area contributed by atoms with Crippen molar-refractivity contribution in [3.8, 4) is 0 Å². The van der Waals surface area contributed by atoms with Crippen LogP contribution in [0, 0.1) is 0 Å². The molecule has 152 valence electrons. The van der Waals surface area contributed by atoms with Gasteiger partial charge in [-0.05, 0) is 37.1 Å². The summed E-state index contributed by atoms with van der Waals surface area (Å²) < 4.78 is 0. The van der Waals surface area contributed by atoms with Crippen LogP contribution >= 0.6 is 11.6 Å². The third-order valence-corrected chi connectivity index (χ3v) is 6.57. The number of halogens is 1. The molecule has 3 amide bonds. The van der Waals surface area contributed by atoms with Crippen LogP contribution in [-0.4, -0.2) is 78.5 Å². The van der Waals surface area contributed by atoms with Gasteiger partial charge in [0.25, 0.3) is 0 Å². The Morgan fingerprint density at radius 1 is 0.929 bits per heavy atom. The van der Waals surface area contributed by atoms with Crippen molar-refractivity contribution in [1.82, 2.24) is 14.7 Å². The zero-order chi connectivity index (χ0) is 19.5. The van der Waals surface area contributed by atoms with E-state index in [0.29, 0.717) is 24.2 Å². The van der Waals surface area contributed by atoms with Gasteiger partial charge in [0.2, 0.25) is 5.91 Å². The van der Waals surface area contributed by atoms with Gasteiger partial charge in [0.1, 0.15) is 6.54 Å². The first-order chi connectivity index (χ1) is 13.6. The minimum Gasteiger partial charge on any atom is -0.339 e. The number of amides is 3. The van der Waals surface area contributed by atoms with Crippen LogP contribution in [0.2, 0.25) is 5.02 Å². The van der Waals surface area contributed by atoms with Gasteiger partial charge in [-0.2, -0.15) is 0 Å². The molecule has 4 rings (SSSR count). The maximum absolute atomic E-state index is 12.7. The highest BCUT2D eigenvalue weighted by Gasteiger charge is 2.33. The second-order valence-electron chi connectivity index (χ2n) is 8.04. The number of rotatable bonds is 4. The quantitative estimate of drug-likeness (QED) is 0.774. The van der Waals surface area contributed by atoms with Crippen molar-refractivity contribution >= 4 is 29.2 Å². The summed E-state index contributed by atoms with van der Waals surface area (Å²) in [4.78, 5) is 33.3. The average molecular weight is 405 g/mol. The number of hydrogen-bond donors (Lipinski definition) is 0. The van der Waals surface area contributed by atoms with Gasteiger partial charge in [0.05, 0.1) is 0 Å². The summed E-state index contributed by atoms with van der Waals surface area (Å²) in [6.07, 6.45) is 6.65. The molecule has 28 heavy (non-hydrogen) atoms. The number of carbonyl (C=O) groups is 2. The molecule has 6 nitrogen and oxygen atoms in total. The molecule has 0 aromatic heterocycles. The van der Waals surface area contributed by atoms with E-state index in [1.54, 1.807) is 21.9 Å². The van der Waals surface area contributed by atoms with Crippen molar-refractivity contribution in [2.75, 3.05) is 50.7 Å². The standard InChI is InChI=1S/C21H29ClN4O2/c22-17-6-8-19(9-7-17)26-15-14-25(21(26)28)16-20(27)24-12-10-23(11-13-24)18-4-2-1-3-5-18/h6-9,18H,1-5,10-16H2. The van der Waals surface area contributed by atoms with E-state index < -0.39 is 0 Å². The van der Waals surface area contributed by atoms with Crippen molar-refractivity contribution in [2.24, 2.45) is 0 Å². The minimum atomic E-state index is -0.100. The van der Waals surface area contributed by atoms with Crippen LogP contribution in [0.5, 0.6) is 0 Å². The van der Waals surface area contributed by atoms with E-state index in [9.17, 15) is 9.59 Å². The molecule has 1 saturated carbocycles. The van der Waals surface area contributed by atoms with Crippen molar-refractivity contribution in [2.45, 2.75) is 38.1 Å². The Bertz CT molecular complexity index is 697. The fourth-order valence-corrected chi connectivity index (χ4v) is 4.76. The largest absolute Gasteiger partial charge is 0.339 e. The molecular formula is C21H29ClN4O2. The van der Waals surface area contributed by atoms with E-state index in [1.807, 2.05) is 17.0 Å². The first-order valence-corrected chi connectivity index (χ1v) is 10.8. The zero-order valence-corrected chi connectivity index (χ0v) is 17.1. The molecular weight excluding hydrogens is 376 g/mol. The number of piperazine rings is 1. The van der Waals surface area contributed by atoms with Crippen molar-refractivity contribution in [3.63, 3.8) is 0 Å². The van der Waals surface area contributed by atoms with E-state index in [-0.39, 0.29) is 18.5 Å². The maximum atomic E-state index is 12.7. The van der Waals surface area contributed by atoms with Crippen LogP contribution in [-0.2, 0) is 4.79 Å². The summed E-state index contributed by atoms with van der Waals surface area (Å²) in [6.45, 7) is 4.82. The second kappa shape index (κ2) is 8.70. The lowest BCUT2D eigenvalue weighted by atomic mass is 9.94. The predicted molar refractivity (Wildman–Crippen MR) is 111 cm³/mol. The number of benzene rings is 1. The van der Waals surface area contributed by atoms with Crippen LogP contribution in [0.1, 0.15) is 32.1 Å². The molecule has 0 unspecified atom stereocenters. The first-order valence-electron chi connectivity index (χ1n) is 10.5. The van der Waals surface area contributed by atoms with Crippen LogP contribution < -0.4 is 4.90 Å². The molecule has 2 saturated heterocycles. The summed E-state index contributed by atoms with van der Waals surface area (Å²) in [5, 5.41) is 0.648. The van der Waals surface area contributed by atoms with Crippen LogP contribution in [0.25, 0.3) is 0 Å². The molecule has 7 heteroatoms. The molecule has 2 heterocycles. The molecule has 3 fully saturated rings. The Kier molecular flexibility index (Phi) is 6.07. The van der Waals surface area contributed by atoms with Gasteiger partial charge in [-0.25, -0.2) is 4.79 Å². The van der Waals surface area contributed by atoms with Gasteiger partial charge in [-0.15, -0.1) is 0 Å². The Balaban J connectivity index is 1.27. The molecule has 1 aliphatic carbocycles. The van der Waals surface area contributed by atoms with E-state index in [0.717, 1.165) is 31.9 Å². The van der Waals surface area contributed by atoms with Crippen LogP contribution in [0.4, 0.5) is 10.5 Å². The first kappa shape index (κ1) is 19.5. The molecule has 1 aromatic carbocycles. The maximum Gasteiger partial charge on any atom is 0.325 e. The lowest BCUT2D eigenvalue weighted by Gasteiger charge is -2.41. The number of anilines is 1. The number of urea groups is 1. The summed E-state index contributed by atoms with van der Waals surface area (Å²) in [6, 6.07) is 7.86. The molecule has 0 spiro atoms. The van der Waals surface area contributed by atoms with Crippen LogP contribution in [0.15, 0.2) is 24.3 Å². The fraction of sp³-hybridized carbons (Fsp3) is 0.619. The van der Waals surface area contributed by atoms with Gasteiger partial charge in [-0.3, -0.25) is 14.6 Å². The van der Waals surface area contributed by atoms with Gasteiger partial charge in [0, 0.05) is 56.0 Å². The SMILES string of the molecule is O=C(CN1CCN(c2ccc(Cl)cc2)C1=O)N1CCN(C2CCCCC2)CC1. The highest BCUT2D eigenvalue weighted by atomic mass is 35.5. The molecule has 0 radical (unpaired) electrons. The van der Waals surface area contributed by atoms with E-state index in [4.69, 9.17) is 11.6 Å². The Morgan fingerprint density at radius 3 is 2.29 bits per heavy atom. The number of carbonyl (C=O) groups excluding carboxylic acids is 2. The Labute approximate surface area is 172 Å². The summed E-state index contributed by atoms with van der Waals surface area (Å²) in [7, 11) is 0. The van der Waals surface area contributed by atoms with Crippen molar-refractivity contribution in [1.29, 1.82) is 0 Å². The van der Waals surface area contributed by atoms with Gasteiger partial charge in [0.15, 0.2) is 0 Å². The fourth-order valence-electron chi connectivity index (χ4n) is 4.64. The van der Waals surface area contributed by atoms with E-state index >= 15 is 0 Å². The number of hydrogen-bond acceptors (Lipinski definition) is 3. The number of nitrogens with zero attached hydrogens (tertiary/aromatic N) is 4. The lowest BCUT2D eigenvalue weighted by molar-refractivity contribution is -0.133. The topological polar surface area (TPSA) is 47.1 Å². The molecule has 0 atom stereocenters. The van der Waals surface area contributed by atoms with Crippen molar-refractivity contribution in [3.05, 3.63) is 29.3 Å². The third kappa shape index (κ3) is 4.28. The Hall–Kier alpha value is -1.79. The highest BCUT2D eigenvalue weighted by Crippen LogP contribution is 2.24. The van der Waals surface area contributed by atoms with Crippen molar-refractivity contribution < 1.29 is 9.59 Å². The molecule has 3 aliphatic rings. The van der Waals surface area contributed by atoms with E-state index in [2.05, 4.69) is 4.90 Å². The Morgan fingerprint density at radius 2 is 1.61 bits per heavy atom. The second-order valence-corrected chi connectivity index (χ2v) is 8.48. The normalized spacial score (nSPS) is 22.2. The highest BCUT2D eigenvalue weighted by molar-refractivity contribution is 6.30. The minimum absolute atomic E-state index is 0.0644. The van der Waals surface area contributed by atoms with Gasteiger partial charge in [-0.1, -0.05) is 30.9 Å². The molecule has 0 N–H and O–H groups in total. The van der Waals surface area contributed by atoms with Gasteiger partial charge >= 0.3 is 6.03 Å². The zero-order valence-electron chi connectivity index (χ0n) is 16.4. The predicted octanol–water partition coefficient (Wildman–Crippen LogP) is 3.06. The summed E-state index contributed by atoms with van der Waals surface area (Å²) in [5.41, 5.74) is 0.824. The summed E-state index contributed by atoms with van der Waals surface area (Å²) in [5.74, 6) is 0.0644. The lowest BCUT2D eigenvalue weighted by Crippen LogP contribution is -2.54. The third-order valence-electron chi connectivity index (χ3n) is 6.32. The average Bonchev–Trinajstić information content (AvgIpc) is 3.09. The molecule has 0 bridgehead atoms. The molecule has 2 aliphatic heterocycles. The monoisotopic (exact) mass is 404 g/mol. The summed E-state index contributed by atoms with van der Waals surface area (Å²) >= 11 is 5.93. The smallest absolute Gasteiger partial charge is 0.325 e. The van der Waals surface area contributed by atoms with Gasteiger partial charge < -0.3 is 9.80 Å². The molecule has 1 aromatic rings.